The number of nitrogens with one attached hydrogen (secondary N) is 1. The van der Waals surface area contributed by atoms with E-state index in [1.54, 1.807) is 11.3 Å². The van der Waals surface area contributed by atoms with Gasteiger partial charge in [-0.1, -0.05) is 0 Å². The van der Waals surface area contributed by atoms with E-state index in [1.807, 2.05) is 6.20 Å². The molecule has 0 spiro atoms. The van der Waals surface area contributed by atoms with Gasteiger partial charge in [-0.3, -0.25) is 0 Å². The van der Waals surface area contributed by atoms with Crippen molar-refractivity contribution in [2.24, 2.45) is 0 Å². The molecule has 4 heteroatoms. The Morgan fingerprint density at radius 1 is 1.71 bits per heavy atom. The molecule has 0 aromatic carbocycles. The van der Waals surface area contributed by atoms with Crippen LogP contribution in [-0.2, 0) is 0 Å². The molecule has 0 radical (unpaired) electrons. The Labute approximate surface area is 88.8 Å². The van der Waals surface area contributed by atoms with Crippen LogP contribution in [0.2, 0.25) is 0 Å². The topological polar surface area (TPSA) is 48.7 Å². The van der Waals surface area contributed by atoms with E-state index in [0.29, 0.717) is 12.5 Å². The second-order valence-corrected chi connectivity index (χ2v) is 4.51. The maximum absolute atomic E-state index is 8.36. The van der Waals surface area contributed by atoms with E-state index in [9.17, 15) is 0 Å². The molecule has 1 N–H and O–H groups in total. The van der Waals surface area contributed by atoms with Gasteiger partial charge in [0.15, 0.2) is 0 Å². The highest BCUT2D eigenvalue weighted by Gasteiger charge is 2.07. The summed E-state index contributed by atoms with van der Waals surface area (Å²) in [5.41, 5.74) is 0. The van der Waals surface area contributed by atoms with Gasteiger partial charge >= 0.3 is 0 Å². The van der Waals surface area contributed by atoms with Crippen molar-refractivity contribution in [3.63, 3.8) is 0 Å². The fraction of sp³-hybridized carbons (Fsp3) is 0.600. The van der Waals surface area contributed by atoms with Crippen molar-refractivity contribution >= 4 is 11.3 Å². The summed E-state index contributed by atoms with van der Waals surface area (Å²) in [6.07, 6.45) is 3.43. The van der Waals surface area contributed by atoms with Crippen LogP contribution in [0.5, 0.6) is 0 Å². The van der Waals surface area contributed by atoms with E-state index < -0.39 is 0 Å². The molecule has 0 saturated carbocycles. The molecule has 0 aliphatic heterocycles. The van der Waals surface area contributed by atoms with Crippen LogP contribution in [0.15, 0.2) is 6.20 Å². The van der Waals surface area contributed by atoms with Crippen molar-refractivity contribution in [3.05, 3.63) is 16.1 Å². The average molecular weight is 209 g/mol. The average Bonchev–Trinajstić information content (AvgIpc) is 2.59. The van der Waals surface area contributed by atoms with E-state index in [-0.39, 0.29) is 0 Å². The van der Waals surface area contributed by atoms with Crippen LogP contribution >= 0.6 is 11.3 Å². The fourth-order valence-electron chi connectivity index (χ4n) is 1.15. The SMILES string of the molecule is Cc1cnc([C@H](C)NCCCC#N)s1. The number of hydrogen-bond acceptors (Lipinski definition) is 4. The maximum atomic E-state index is 8.36. The van der Waals surface area contributed by atoms with Crippen molar-refractivity contribution in [2.75, 3.05) is 6.54 Å². The fourth-order valence-corrected chi connectivity index (χ4v) is 1.95. The number of nitriles is 1. The van der Waals surface area contributed by atoms with Crippen molar-refractivity contribution < 1.29 is 0 Å². The number of thiazole rings is 1. The van der Waals surface area contributed by atoms with E-state index in [4.69, 9.17) is 5.26 Å². The van der Waals surface area contributed by atoms with E-state index in [0.717, 1.165) is 18.0 Å². The first kappa shape index (κ1) is 11.2. The Hall–Kier alpha value is -0.920. The van der Waals surface area contributed by atoms with Crippen LogP contribution < -0.4 is 5.32 Å². The highest BCUT2D eigenvalue weighted by molar-refractivity contribution is 7.11. The number of hydrogen-bond donors (Lipinski definition) is 1. The Morgan fingerprint density at radius 3 is 3.07 bits per heavy atom. The number of nitrogens with zero attached hydrogens (tertiary/aromatic N) is 2. The summed E-state index contributed by atoms with van der Waals surface area (Å²) >= 11 is 1.72. The molecule has 0 bridgehead atoms. The molecule has 1 atom stereocenters. The predicted octanol–water partition coefficient (Wildman–Crippen LogP) is 2.41. The van der Waals surface area contributed by atoms with Crippen LogP contribution in [0.25, 0.3) is 0 Å². The van der Waals surface area contributed by atoms with Gasteiger partial charge in [0.2, 0.25) is 0 Å². The predicted molar refractivity (Wildman–Crippen MR) is 58.1 cm³/mol. The first-order valence-electron chi connectivity index (χ1n) is 4.76. The molecule has 14 heavy (non-hydrogen) atoms. The summed E-state index contributed by atoms with van der Waals surface area (Å²) in [5.74, 6) is 0. The van der Waals surface area contributed by atoms with E-state index in [2.05, 4.69) is 30.2 Å². The summed E-state index contributed by atoms with van der Waals surface area (Å²) in [4.78, 5) is 5.55. The molecule has 0 fully saturated rings. The molecular formula is C10H15N3S. The molecule has 76 valence electrons. The molecule has 0 amide bonds. The molecule has 3 nitrogen and oxygen atoms in total. The van der Waals surface area contributed by atoms with Gasteiger partial charge in [-0.05, 0) is 26.8 Å². The quantitative estimate of drug-likeness (QED) is 0.757. The molecule has 1 heterocycles. The van der Waals surface area contributed by atoms with Crippen LogP contribution in [0.1, 0.15) is 35.7 Å². The molecule has 1 aromatic rings. The minimum atomic E-state index is 0.299. The van der Waals surface area contributed by atoms with Gasteiger partial charge in [0.25, 0.3) is 0 Å². The summed E-state index contributed by atoms with van der Waals surface area (Å²) in [6, 6.07) is 2.43. The smallest absolute Gasteiger partial charge is 0.109 e. The van der Waals surface area contributed by atoms with Crippen molar-refractivity contribution in [1.29, 1.82) is 5.26 Å². The molecular weight excluding hydrogens is 194 g/mol. The molecule has 0 unspecified atom stereocenters. The third-order valence-corrected chi connectivity index (χ3v) is 3.02. The van der Waals surface area contributed by atoms with Gasteiger partial charge in [-0.25, -0.2) is 4.98 Å². The van der Waals surface area contributed by atoms with E-state index in [1.165, 1.54) is 4.88 Å². The number of aromatic nitrogens is 1. The zero-order valence-electron chi connectivity index (χ0n) is 8.58. The van der Waals surface area contributed by atoms with Crippen molar-refractivity contribution in [2.45, 2.75) is 32.7 Å². The molecule has 0 saturated heterocycles. The van der Waals surface area contributed by atoms with Gasteiger partial charge in [0.05, 0.1) is 12.1 Å². The summed E-state index contributed by atoms with van der Waals surface area (Å²) < 4.78 is 0. The first-order chi connectivity index (χ1) is 6.74. The Bertz CT molecular complexity index is 313. The molecule has 1 rings (SSSR count). The minimum Gasteiger partial charge on any atom is -0.308 e. The van der Waals surface area contributed by atoms with Crippen LogP contribution in [-0.4, -0.2) is 11.5 Å². The Morgan fingerprint density at radius 2 is 2.50 bits per heavy atom. The summed E-state index contributed by atoms with van der Waals surface area (Å²) in [7, 11) is 0. The third-order valence-electron chi connectivity index (χ3n) is 1.93. The standard InChI is InChI=1S/C10H15N3S/c1-8-7-13-10(14-8)9(2)12-6-4-3-5-11/h7,9,12H,3-4,6H2,1-2H3/t9-/m0/s1. The zero-order chi connectivity index (χ0) is 10.4. The highest BCUT2D eigenvalue weighted by Crippen LogP contribution is 2.18. The zero-order valence-corrected chi connectivity index (χ0v) is 9.40. The van der Waals surface area contributed by atoms with Gasteiger partial charge < -0.3 is 5.32 Å². The minimum absolute atomic E-state index is 0.299. The van der Waals surface area contributed by atoms with Crippen LogP contribution in [0.4, 0.5) is 0 Å². The van der Waals surface area contributed by atoms with Crippen molar-refractivity contribution in [1.82, 2.24) is 10.3 Å². The lowest BCUT2D eigenvalue weighted by molar-refractivity contribution is 0.559. The molecule has 0 aliphatic carbocycles. The Balaban J connectivity index is 2.29. The Kier molecular flexibility index (Phi) is 4.57. The van der Waals surface area contributed by atoms with Gasteiger partial charge in [0.1, 0.15) is 5.01 Å². The molecule has 1 aromatic heterocycles. The second-order valence-electron chi connectivity index (χ2n) is 3.25. The number of unbranched alkanes of at least 4 members (excludes halogenated alkanes) is 1. The number of rotatable bonds is 5. The lowest BCUT2D eigenvalue weighted by atomic mass is 10.3. The van der Waals surface area contributed by atoms with Gasteiger partial charge in [0, 0.05) is 17.5 Å². The normalized spacial score (nSPS) is 12.4. The third kappa shape index (κ3) is 3.44. The summed E-state index contributed by atoms with van der Waals surface area (Å²) in [6.45, 7) is 5.04. The largest absolute Gasteiger partial charge is 0.308 e. The summed E-state index contributed by atoms with van der Waals surface area (Å²) in [5, 5.41) is 12.8. The van der Waals surface area contributed by atoms with Crippen LogP contribution in [0, 0.1) is 18.3 Å². The van der Waals surface area contributed by atoms with Crippen LogP contribution in [0.3, 0.4) is 0 Å². The van der Waals surface area contributed by atoms with Gasteiger partial charge in [-0.2, -0.15) is 5.26 Å². The van der Waals surface area contributed by atoms with Crippen molar-refractivity contribution in [3.8, 4) is 6.07 Å². The van der Waals surface area contributed by atoms with Gasteiger partial charge in [-0.15, -0.1) is 11.3 Å². The lowest BCUT2D eigenvalue weighted by Crippen LogP contribution is -2.19. The van der Waals surface area contributed by atoms with E-state index >= 15 is 0 Å². The second kappa shape index (κ2) is 5.74. The monoisotopic (exact) mass is 209 g/mol. The molecule has 0 aliphatic rings. The number of aryl methyl sites for hydroxylation is 1. The lowest BCUT2D eigenvalue weighted by Gasteiger charge is -2.09. The highest BCUT2D eigenvalue weighted by atomic mass is 32.1. The maximum Gasteiger partial charge on any atom is 0.109 e. The first-order valence-corrected chi connectivity index (χ1v) is 5.58.